The van der Waals surface area contributed by atoms with Gasteiger partial charge in [0.15, 0.2) is 0 Å². The van der Waals surface area contributed by atoms with Crippen LogP contribution in [0.15, 0.2) is 61.3 Å². The van der Waals surface area contributed by atoms with Gasteiger partial charge in [0.1, 0.15) is 11.7 Å². The Kier molecular flexibility index (Phi) is 9.06. The zero-order valence-electron chi connectivity index (χ0n) is 19.4. The summed E-state index contributed by atoms with van der Waals surface area (Å²) in [5, 5.41) is 1.99. The zero-order chi connectivity index (χ0) is 28.4. The molecule has 0 radical (unpaired) electrons. The van der Waals surface area contributed by atoms with Gasteiger partial charge in [0.25, 0.3) is 0 Å². The number of halogens is 10. The van der Waals surface area contributed by atoms with Gasteiger partial charge in [0.2, 0.25) is 0 Å². The molecule has 1 atom stereocenters. The summed E-state index contributed by atoms with van der Waals surface area (Å²) >= 11 is 17.4. The van der Waals surface area contributed by atoms with E-state index in [2.05, 4.69) is 16.9 Å². The summed E-state index contributed by atoms with van der Waals surface area (Å²) in [6.45, 7) is 5.52. The summed E-state index contributed by atoms with van der Waals surface area (Å²) in [7, 11) is 0. The number of nitrogens with zero attached hydrogens (tertiary/aromatic N) is 1. The van der Waals surface area contributed by atoms with Crippen LogP contribution in [0.4, 0.5) is 30.7 Å². The third-order valence-electron chi connectivity index (χ3n) is 5.42. The second-order valence-corrected chi connectivity index (χ2v) is 9.42. The van der Waals surface area contributed by atoms with Crippen LogP contribution in [0.1, 0.15) is 39.4 Å². The molecule has 38 heavy (non-hydrogen) atoms. The standard InChI is InChI=1S/C26H18Cl3F7N2/c1-13-7-15(5-6-37-13)12-38-14(2)18-4-3-16(8-20(18)26(34,35)36)23(30)11-19(25(31,32)33)17-9-21(27)24(29)22(28)10-17/h3-11,19,38H,2,12H2,1H3/b23-11-. The Labute approximate surface area is 228 Å². The van der Waals surface area contributed by atoms with Crippen molar-refractivity contribution in [2.24, 2.45) is 0 Å². The first-order valence-electron chi connectivity index (χ1n) is 10.7. The molecular weight excluding hydrogens is 580 g/mol. The lowest BCUT2D eigenvalue weighted by Gasteiger charge is -2.20. The number of aromatic nitrogens is 1. The smallest absolute Gasteiger partial charge is 0.381 e. The van der Waals surface area contributed by atoms with Crippen molar-refractivity contribution in [2.75, 3.05) is 0 Å². The Morgan fingerprint density at radius 3 is 2.18 bits per heavy atom. The van der Waals surface area contributed by atoms with Crippen LogP contribution in [0.5, 0.6) is 0 Å². The lowest BCUT2D eigenvalue weighted by atomic mass is 9.95. The fourth-order valence-corrected chi connectivity index (χ4v) is 4.20. The van der Waals surface area contributed by atoms with E-state index >= 15 is 4.39 Å². The van der Waals surface area contributed by atoms with E-state index in [-0.39, 0.29) is 38.9 Å². The molecule has 0 saturated heterocycles. The van der Waals surface area contributed by atoms with Gasteiger partial charge in [-0.1, -0.05) is 53.5 Å². The van der Waals surface area contributed by atoms with E-state index in [0.29, 0.717) is 11.8 Å². The highest BCUT2D eigenvalue weighted by molar-refractivity contribution is 6.48. The Morgan fingerprint density at radius 1 is 1.00 bits per heavy atom. The fourth-order valence-electron chi connectivity index (χ4n) is 3.59. The van der Waals surface area contributed by atoms with Crippen molar-refractivity contribution >= 4 is 46.3 Å². The molecule has 0 spiro atoms. The van der Waals surface area contributed by atoms with Gasteiger partial charge in [-0.15, -0.1) is 0 Å². The van der Waals surface area contributed by atoms with Crippen molar-refractivity contribution in [3.63, 3.8) is 0 Å². The highest BCUT2D eigenvalue weighted by Crippen LogP contribution is 2.43. The second-order valence-electron chi connectivity index (χ2n) is 8.23. The monoisotopic (exact) mass is 596 g/mol. The average Bonchev–Trinajstić information content (AvgIpc) is 2.82. The van der Waals surface area contributed by atoms with Gasteiger partial charge in [0, 0.05) is 35.3 Å². The van der Waals surface area contributed by atoms with Gasteiger partial charge in [-0.25, -0.2) is 4.39 Å². The normalized spacial score (nSPS) is 13.4. The summed E-state index contributed by atoms with van der Waals surface area (Å²) in [6.07, 6.45) is -8.28. The molecule has 12 heteroatoms. The second kappa shape index (κ2) is 11.6. The molecule has 0 fully saturated rings. The molecule has 2 aromatic carbocycles. The summed E-state index contributed by atoms with van der Waals surface area (Å²) in [5.74, 6) is -4.10. The van der Waals surface area contributed by atoms with Crippen molar-refractivity contribution in [2.45, 2.75) is 31.7 Å². The molecule has 1 N–H and O–H groups in total. The van der Waals surface area contributed by atoms with E-state index in [0.717, 1.165) is 29.8 Å². The van der Waals surface area contributed by atoms with Gasteiger partial charge in [0.05, 0.1) is 20.6 Å². The number of pyridine rings is 1. The highest BCUT2D eigenvalue weighted by atomic mass is 35.5. The molecule has 0 saturated carbocycles. The van der Waals surface area contributed by atoms with Gasteiger partial charge in [-0.05, 0) is 54.5 Å². The topological polar surface area (TPSA) is 24.9 Å². The van der Waals surface area contributed by atoms with E-state index in [9.17, 15) is 26.3 Å². The number of hydrogen-bond donors (Lipinski definition) is 1. The molecule has 1 heterocycles. The Hall–Kier alpha value is -2.75. The highest BCUT2D eigenvalue weighted by Gasteiger charge is 2.41. The van der Waals surface area contributed by atoms with Crippen LogP contribution in [-0.2, 0) is 12.7 Å². The summed E-state index contributed by atoms with van der Waals surface area (Å²) in [6, 6.07) is 7.43. The van der Waals surface area contributed by atoms with Crippen LogP contribution in [0.25, 0.3) is 11.5 Å². The van der Waals surface area contributed by atoms with E-state index in [1.54, 1.807) is 25.3 Å². The fraction of sp³-hybridized carbons (Fsp3) is 0.192. The average molecular weight is 598 g/mol. The predicted molar refractivity (Wildman–Crippen MR) is 136 cm³/mol. The largest absolute Gasteiger partial charge is 0.417 e. The number of allylic oxidation sites excluding steroid dienone is 1. The van der Waals surface area contributed by atoms with E-state index in [1.807, 2.05) is 0 Å². The lowest BCUT2D eigenvalue weighted by Crippen LogP contribution is -2.19. The molecule has 1 aromatic heterocycles. The minimum atomic E-state index is -5.02. The molecule has 0 bridgehead atoms. The molecule has 202 valence electrons. The number of benzene rings is 2. The quantitative estimate of drug-likeness (QED) is 0.217. The first-order chi connectivity index (χ1) is 17.6. The summed E-state index contributed by atoms with van der Waals surface area (Å²) < 4.78 is 98.1. The predicted octanol–water partition coefficient (Wildman–Crippen LogP) is 9.79. The first-order valence-corrected chi connectivity index (χ1v) is 11.9. The van der Waals surface area contributed by atoms with E-state index in [4.69, 9.17) is 34.8 Å². The summed E-state index contributed by atoms with van der Waals surface area (Å²) in [5.41, 5.74) is -1.58. The maximum atomic E-state index is 15.0. The Bertz CT molecular complexity index is 1360. The molecule has 0 aliphatic heterocycles. The Balaban J connectivity index is 1.98. The van der Waals surface area contributed by atoms with Crippen LogP contribution in [-0.4, -0.2) is 11.2 Å². The molecule has 2 nitrogen and oxygen atoms in total. The van der Waals surface area contributed by atoms with Gasteiger partial charge < -0.3 is 5.32 Å². The van der Waals surface area contributed by atoms with Crippen LogP contribution in [0.2, 0.25) is 15.1 Å². The molecule has 3 rings (SSSR count). The SMILES string of the molecule is C=C(NCc1ccnc(C)c1)c1ccc(/C(F)=C/C(c2cc(Cl)c(Cl)c(Cl)c2)C(F)(F)F)cc1C(F)(F)F. The molecule has 0 aliphatic carbocycles. The summed E-state index contributed by atoms with van der Waals surface area (Å²) in [4.78, 5) is 4.04. The van der Waals surface area contributed by atoms with Crippen LogP contribution >= 0.6 is 34.8 Å². The third kappa shape index (κ3) is 7.21. The van der Waals surface area contributed by atoms with Crippen molar-refractivity contribution in [3.05, 3.63) is 110 Å². The van der Waals surface area contributed by atoms with E-state index in [1.165, 1.54) is 0 Å². The van der Waals surface area contributed by atoms with Crippen LogP contribution in [0.3, 0.4) is 0 Å². The van der Waals surface area contributed by atoms with Crippen molar-refractivity contribution in [1.82, 2.24) is 10.3 Å². The molecular formula is C26H18Cl3F7N2. The molecule has 3 aromatic rings. The number of aryl methyl sites for hydroxylation is 1. The maximum absolute atomic E-state index is 15.0. The number of hydrogen-bond acceptors (Lipinski definition) is 2. The minimum absolute atomic E-state index is 0.110. The molecule has 0 amide bonds. The Morgan fingerprint density at radius 2 is 1.63 bits per heavy atom. The zero-order valence-corrected chi connectivity index (χ0v) is 21.7. The van der Waals surface area contributed by atoms with Crippen LogP contribution < -0.4 is 5.32 Å². The third-order valence-corrected chi connectivity index (χ3v) is 6.62. The first kappa shape index (κ1) is 29.8. The van der Waals surface area contributed by atoms with Gasteiger partial charge in [-0.2, -0.15) is 26.3 Å². The molecule has 1 unspecified atom stereocenters. The van der Waals surface area contributed by atoms with Crippen LogP contribution in [0, 0.1) is 6.92 Å². The number of nitrogens with one attached hydrogen (secondary N) is 1. The maximum Gasteiger partial charge on any atom is 0.417 e. The van der Waals surface area contributed by atoms with Gasteiger partial charge in [-0.3, -0.25) is 4.98 Å². The van der Waals surface area contributed by atoms with Crippen molar-refractivity contribution < 1.29 is 30.7 Å². The lowest BCUT2D eigenvalue weighted by molar-refractivity contribution is -0.140. The van der Waals surface area contributed by atoms with Crippen molar-refractivity contribution in [1.29, 1.82) is 0 Å². The minimum Gasteiger partial charge on any atom is -0.381 e. The van der Waals surface area contributed by atoms with E-state index < -0.39 is 40.8 Å². The van der Waals surface area contributed by atoms with Gasteiger partial charge >= 0.3 is 12.4 Å². The van der Waals surface area contributed by atoms with Crippen molar-refractivity contribution in [3.8, 4) is 0 Å². The number of alkyl halides is 6. The molecule has 0 aliphatic rings. The number of rotatable bonds is 7.